The normalized spacial score (nSPS) is 21.3. The minimum Gasteiger partial charge on any atom is -0.453 e. The van der Waals surface area contributed by atoms with Gasteiger partial charge >= 0.3 is 12.2 Å². The molecule has 348 valence electrons. The molecule has 4 fully saturated rings. The predicted molar refractivity (Wildman–Crippen MR) is 256 cm³/mol. The van der Waals surface area contributed by atoms with E-state index >= 15 is 0 Å². The van der Waals surface area contributed by atoms with E-state index in [1.165, 1.54) is 14.2 Å². The summed E-state index contributed by atoms with van der Waals surface area (Å²) in [6, 6.07) is 30.9. The summed E-state index contributed by atoms with van der Waals surface area (Å²) in [7, 11) is 2.62. The Bertz CT molecular complexity index is 3050. The lowest BCUT2D eigenvalue weighted by Crippen LogP contribution is -2.53. The molecule has 3 saturated heterocycles. The van der Waals surface area contributed by atoms with E-state index in [1.807, 2.05) is 46.3 Å². The Morgan fingerprint density at radius 2 is 1.44 bits per heavy atom. The topological polar surface area (TPSA) is 184 Å². The number of carbonyl (C=O) groups is 4. The second kappa shape index (κ2) is 18.1. The third kappa shape index (κ3) is 7.97. The Labute approximate surface area is 392 Å². The van der Waals surface area contributed by atoms with Crippen LogP contribution >= 0.6 is 0 Å². The number of aromatic amines is 2. The van der Waals surface area contributed by atoms with Gasteiger partial charge in [0.15, 0.2) is 0 Å². The Morgan fingerprint density at radius 1 is 0.735 bits per heavy atom. The summed E-state index contributed by atoms with van der Waals surface area (Å²) < 4.78 is 15.4. The number of rotatable bonds is 10. The molecule has 15 heteroatoms. The molecular formula is C53H54N8O7. The van der Waals surface area contributed by atoms with Gasteiger partial charge in [-0.05, 0) is 114 Å². The van der Waals surface area contributed by atoms with Crippen molar-refractivity contribution >= 4 is 56.6 Å². The van der Waals surface area contributed by atoms with Gasteiger partial charge in [0.1, 0.15) is 23.7 Å². The summed E-state index contributed by atoms with van der Waals surface area (Å²) in [6.07, 6.45) is 6.42. The minimum absolute atomic E-state index is 0.0358. The van der Waals surface area contributed by atoms with Gasteiger partial charge in [0, 0.05) is 36.8 Å². The fourth-order valence-electron chi connectivity index (χ4n) is 11.4. The molecule has 4 amide bonds. The highest BCUT2D eigenvalue weighted by atomic mass is 16.5. The number of nitrogens with zero attached hydrogens (tertiary/aromatic N) is 4. The van der Waals surface area contributed by atoms with Crippen molar-refractivity contribution in [2.24, 2.45) is 11.8 Å². The van der Waals surface area contributed by atoms with E-state index in [4.69, 9.17) is 24.2 Å². The molecule has 68 heavy (non-hydrogen) atoms. The lowest BCUT2D eigenvalue weighted by Gasteiger charge is -2.36. The van der Waals surface area contributed by atoms with Crippen LogP contribution in [0.4, 0.5) is 9.59 Å². The number of ether oxygens (including phenoxy) is 3. The first-order valence-electron chi connectivity index (χ1n) is 23.7. The van der Waals surface area contributed by atoms with Crippen molar-refractivity contribution in [3.8, 4) is 22.4 Å². The van der Waals surface area contributed by atoms with Crippen LogP contribution in [-0.4, -0.2) is 99.8 Å². The Morgan fingerprint density at radius 3 is 2.22 bits per heavy atom. The average molecular weight is 915 g/mol. The highest BCUT2D eigenvalue weighted by molar-refractivity contribution is 6.06. The van der Waals surface area contributed by atoms with E-state index < -0.39 is 24.3 Å². The summed E-state index contributed by atoms with van der Waals surface area (Å²) in [6.45, 7) is 1.70. The van der Waals surface area contributed by atoms with E-state index in [1.54, 1.807) is 0 Å². The summed E-state index contributed by atoms with van der Waals surface area (Å²) >= 11 is 0. The first-order valence-corrected chi connectivity index (χ1v) is 23.7. The maximum atomic E-state index is 14.4. The second-order valence-electron chi connectivity index (χ2n) is 18.6. The zero-order chi connectivity index (χ0) is 46.5. The van der Waals surface area contributed by atoms with E-state index in [0.717, 1.165) is 98.7 Å². The number of carbonyl (C=O) groups excluding carboxylic acids is 4. The highest BCUT2D eigenvalue weighted by Crippen LogP contribution is 2.51. The van der Waals surface area contributed by atoms with Crippen molar-refractivity contribution in [1.82, 2.24) is 40.4 Å². The van der Waals surface area contributed by atoms with Crippen LogP contribution in [0.1, 0.15) is 80.3 Å². The molecular weight excluding hydrogens is 861 g/mol. The fraction of sp³-hybridized carbons (Fsp3) is 0.358. The third-order valence-electron chi connectivity index (χ3n) is 14.8. The summed E-state index contributed by atoms with van der Waals surface area (Å²) in [5.41, 5.74) is 6.51. The number of hydrogen-bond donors (Lipinski definition) is 4. The molecule has 4 N–H and O–H groups in total. The van der Waals surface area contributed by atoms with E-state index in [0.29, 0.717) is 38.2 Å². The van der Waals surface area contributed by atoms with Gasteiger partial charge in [-0.3, -0.25) is 9.59 Å². The second-order valence-corrected chi connectivity index (χ2v) is 18.6. The lowest BCUT2D eigenvalue weighted by molar-refractivity contribution is -0.138. The third-order valence-corrected chi connectivity index (χ3v) is 14.8. The molecule has 5 heterocycles. The SMILES string of the molecule is COC(=O)N[C@H](C(=O)N1CCCC1c1nc2c(ccc3cc(-c4ccc5cc(-c6cnc([C@@H]7[C@H]8CC[C@H](C8)N7C(=O)[C@H](NC(=O)OC)c7ccccc7)[nH]6)ccc5c4)ccc32)[nH]1)C1CCOCC1. The average Bonchev–Trinajstić information content (AvgIpc) is 4.26. The van der Waals surface area contributed by atoms with Gasteiger partial charge in [0.25, 0.3) is 5.91 Å². The van der Waals surface area contributed by atoms with Crippen molar-refractivity contribution in [3.63, 3.8) is 0 Å². The number of amides is 4. The zero-order valence-corrected chi connectivity index (χ0v) is 38.1. The summed E-state index contributed by atoms with van der Waals surface area (Å²) in [4.78, 5) is 74.3. The van der Waals surface area contributed by atoms with Crippen LogP contribution in [0, 0.1) is 11.8 Å². The maximum Gasteiger partial charge on any atom is 0.407 e. The molecule has 6 atom stereocenters. The number of alkyl carbamates (subject to hydrolysis) is 2. The van der Waals surface area contributed by atoms with Gasteiger partial charge in [-0.1, -0.05) is 72.8 Å². The number of benzene rings is 5. The van der Waals surface area contributed by atoms with Crippen LogP contribution in [-0.2, 0) is 23.8 Å². The Balaban J connectivity index is 0.818. The van der Waals surface area contributed by atoms with Crippen molar-refractivity contribution in [3.05, 3.63) is 120 Å². The first-order chi connectivity index (χ1) is 33.2. The van der Waals surface area contributed by atoms with Crippen molar-refractivity contribution in [2.75, 3.05) is 34.0 Å². The number of piperidine rings is 1. The van der Waals surface area contributed by atoms with Gasteiger partial charge in [-0.15, -0.1) is 0 Å². The van der Waals surface area contributed by atoms with Crippen molar-refractivity contribution in [2.45, 2.75) is 75.2 Å². The van der Waals surface area contributed by atoms with Crippen LogP contribution in [0.5, 0.6) is 0 Å². The van der Waals surface area contributed by atoms with Crippen LogP contribution in [0.2, 0.25) is 0 Å². The first kappa shape index (κ1) is 43.3. The number of hydrogen-bond acceptors (Lipinski definition) is 9. The molecule has 1 saturated carbocycles. The predicted octanol–water partition coefficient (Wildman–Crippen LogP) is 8.89. The maximum absolute atomic E-state index is 14.4. The zero-order valence-electron chi connectivity index (χ0n) is 38.1. The standard InChI is InChI=1S/C53H54N8O7/c1-66-52(64)58-44(31-20-23-68-24-21-31)50(62)60-22-6-9-43(60)48-55-41-19-16-36-26-35(15-18-40(36)46(41)57-48)32-10-11-34-27-37(13-12-33(34)25-32)42-29-54-49(56-42)47-38-14-17-39(28-38)61(47)51(63)45(59-53(65)67-2)30-7-4-3-5-8-30/h3-5,7-8,10-13,15-16,18-19,25-27,29,31,38-39,43-45,47H,6,9,14,17,20-24,28H2,1-2H3,(H,54,56)(H,55,57)(H,58,64)(H,59,65)/t38-,39+,43?,44-,45+,47-/m0/s1. The molecule has 11 rings (SSSR count). The van der Waals surface area contributed by atoms with E-state index in [9.17, 15) is 19.2 Å². The molecule has 15 nitrogen and oxygen atoms in total. The van der Waals surface area contributed by atoms with Gasteiger partial charge in [-0.25, -0.2) is 19.6 Å². The molecule has 7 aromatic rings. The molecule has 4 aliphatic rings. The number of H-pyrrole nitrogens is 2. The van der Waals surface area contributed by atoms with Crippen molar-refractivity contribution < 1.29 is 33.4 Å². The van der Waals surface area contributed by atoms with Gasteiger partial charge in [-0.2, -0.15) is 0 Å². The molecule has 5 aromatic carbocycles. The number of fused-ring (bicyclic) bond motifs is 6. The molecule has 0 radical (unpaired) electrons. The van der Waals surface area contributed by atoms with E-state index in [2.05, 4.69) is 87.3 Å². The van der Waals surface area contributed by atoms with Gasteiger partial charge in [0.05, 0.1) is 49.2 Å². The molecule has 2 bridgehead atoms. The highest BCUT2D eigenvalue weighted by Gasteiger charge is 2.51. The molecule has 1 aliphatic carbocycles. The smallest absolute Gasteiger partial charge is 0.407 e. The Kier molecular flexibility index (Phi) is 11.5. The Hall–Kier alpha value is -7.26. The molecule has 0 spiro atoms. The number of aromatic nitrogens is 4. The van der Waals surface area contributed by atoms with Crippen LogP contribution in [0.3, 0.4) is 0 Å². The monoisotopic (exact) mass is 914 g/mol. The van der Waals surface area contributed by atoms with Crippen LogP contribution in [0.15, 0.2) is 103 Å². The molecule has 1 unspecified atom stereocenters. The van der Waals surface area contributed by atoms with Crippen LogP contribution in [0.25, 0.3) is 55.0 Å². The number of nitrogens with one attached hydrogen (secondary N) is 4. The molecule has 2 aromatic heterocycles. The quantitative estimate of drug-likeness (QED) is 0.104. The fourth-order valence-corrected chi connectivity index (χ4v) is 11.4. The lowest BCUT2D eigenvalue weighted by atomic mass is 9.90. The summed E-state index contributed by atoms with van der Waals surface area (Å²) in [5, 5.41) is 9.90. The number of methoxy groups -OCH3 is 2. The van der Waals surface area contributed by atoms with Gasteiger partial charge < -0.3 is 44.6 Å². The number of imidazole rings is 2. The van der Waals surface area contributed by atoms with Crippen LogP contribution < -0.4 is 10.6 Å². The van der Waals surface area contributed by atoms with Crippen molar-refractivity contribution in [1.29, 1.82) is 0 Å². The van der Waals surface area contributed by atoms with Gasteiger partial charge in [0.2, 0.25) is 5.91 Å². The van der Waals surface area contributed by atoms with E-state index in [-0.39, 0.29) is 41.8 Å². The minimum atomic E-state index is -0.880. The number of likely N-dealkylation sites (tertiary alicyclic amines) is 2. The molecule has 3 aliphatic heterocycles. The summed E-state index contributed by atoms with van der Waals surface area (Å²) in [5.74, 6) is 1.45. The largest absolute Gasteiger partial charge is 0.453 e.